The first-order valence-corrected chi connectivity index (χ1v) is 7.36. The third kappa shape index (κ3) is 3.11. The quantitative estimate of drug-likeness (QED) is 0.860. The standard InChI is InChI=1S/C12H17Br2NO/c1-12(5-3-2-4-6-12)15-8-9-7-10(13)11(14)16-9/h7,15H,2-6,8H2,1H3. The summed E-state index contributed by atoms with van der Waals surface area (Å²) in [4.78, 5) is 0. The molecule has 0 aliphatic heterocycles. The van der Waals surface area contributed by atoms with E-state index < -0.39 is 0 Å². The Morgan fingerprint density at radius 2 is 2.00 bits per heavy atom. The molecule has 0 unspecified atom stereocenters. The molecule has 1 saturated carbocycles. The second kappa shape index (κ2) is 5.23. The average molecular weight is 351 g/mol. The zero-order valence-corrected chi connectivity index (χ0v) is 12.7. The van der Waals surface area contributed by atoms with Crippen LogP contribution in [-0.2, 0) is 6.54 Å². The van der Waals surface area contributed by atoms with Crippen molar-refractivity contribution in [3.8, 4) is 0 Å². The summed E-state index contributed by atoms with van der Waals surface area (Å²) in [7, 11) is 0. The first-order valence-electron chi connectivity index (χ1n) is 5.78. The first-order chi connectivity index (χ1) is 7.59. The fraction of sp³-hybridized carbons (Fsp3) is 0.667. The molecule has 0 aromatic carbocycles. The van der Waals surface area contributed by atoms with Crippen LogP contribution < -0.4 is 5.32 Å². The lowest BCUT2D eigenvalue weighted by atomic mass is 9.83. The molecule has 0 radical (unpaired) electrons. The van der Waals surface area contributed by atoms with Gasteiger partial charge in [-0.1, -0.05) is 19.3 Å². The highest BCUT2D eigenvalue weighted by atomic mass is 79.9. The van der Waals surface area contributed by atoms with E-state index in [0.29, 0.717) is 5.54 Å². The molecule has 1 aromatic rings. The predicted molar refractivity (Wildman–Crippen MR) is 72.4 cm³/mol. The largest absolute Gasteiger partial charge is 0.452 e. The summed E-state index contributed by atoms with van der Waals surface area (Å²) in [6.07, 6.45) is 6.62. The maximum absolute atomic E-state index is 5.56. The minimum atomic E-state index is 0.296. The summed E-state index contributed by atoms with van der Waals surface area (Å²) < 4.78 is 7.32. The minimum absolute atomic E-state index is 0.296. The molecule has 0 spiro atoms. The first kappa shape index (κ1) is 12.7. The van der Waals surface area contributed by atoms with Crippen molar-refractivity contribution in [2.75, 3.05) is 0 Å². The molecule has 1 aliphatic rings. The highest BCUT2D eigenvalue weighted by molar-refractivity contribution is 9.13. The highest BCUT2D eigenvalue weighted by Gasteiger charge is 2.26. The van der Waals surface area contributed by atoms with Gasteiger partial charge in [0.25, 0.3) is 0 Å². The van der Waals surface area contributed by atoms with E-state index >= 15 is 0 Å². The fourth-order valence-electron chi connectivity index (χ4n) is 2.29. The van der Waals surface area contributed by atoms with Crippen molar-refractivity contribution in [2.45, 2.75) is 51.1 Å². The van der Waals surface area contributed by atoms with Gasteiger partial charge in [-0.25, -0.2) is 0 Å². The Morgan fingerprint density at radius 3 is 2.56 bits per heavy atom. The van der Waals surface area contributed by atoms with Crippen molar-refractivity contribution in [2.24, 2.45) is 0 Å². The minimum Gasteiger partial charge on any atom is -0.452 e. The number of furan rings is 1. The third-order valence-corrected chi connectivity index (χ3v) is 5.05. The Bertz CT molecular complexity index is 336. The number of halogens is 2. The van der Waals surface area contributed by atoms with Gasteiger partial charge in [-0.2, -0.15) is 0 Å². The molecule has 90 valence electrons. The molecule has 1 heterocycles. The van der Waals surface area contributed by atoms with E-state index in [1.54, 1.807) is 0 Å². The molecule has 2 rings (SSSR count). The van der Waals surface area contributed by atoms with E-state index in [9.17, 15) is 0 Å². The number of hydrogen-bond acceptors (Lipinski definition) is 2. The lowest BCUT2D eigenvalue weighted by molar-refractivity contribution is 0.245. The van der Waals surface area contributed by atoms with Crippen LogP contribution >= 0.6 is 31.9 Å². The molecule has 0 saturated heterocycles. The van der Waals surface area contributed by atoms with Gasteiger partial charge in [0.2, 0.25) is 0 Å². The molecule has 2 nitrogen and oxygen atoms in total. The van der Waals surface area contributed by atoms with Crippen molar-refractivity contribution < 1.29 is 4.42 Å². The van der Waals surface area contributed by atoms with Crippen LogP contribution in [0.4, 0.5) is 0 Å². The van der Waals surface area contributed by atoms with Crippen LogP contribution in [0.25, 0.3) is 0 Å². The Balaban J connectivity index is 1.91. The van der Waals surface area contributed by atoms with Gasteiger partial charge in [-0.3, -0.25) is 0 Å². The van der Waals surface area contributed by atoms with Crippen LogP contribution in [0.3, 0.4) is 0 Å². The highest BCUT2D eigenvalue weighted by Crippen LogP contribution is 2.30. The lowest BCUT2D eigenvalue weighted by Crippen LogP contribution is -2.43. The molecule has 4 heteroatoms. The molecule has 0 atom stereocenters. The van der Waals surface area contributed by atoms with Gasteiger partial charge in [0.15, 0.2) is 4.67 Å². The molecule has 1 aromatic heterocycles. The summed E-state index contributed by atoms with van der Waals surface area (Å²) in [6.45, 7) is 3.12. The van der Waals surface area contributed by atoms with E-state index in [4.69, 9.17) is 4.42 Å². The molecule has 1 fully saturated rings. The van der Waals surface area contributed by atoms with Gasteiger partial charge in [-0.05, 0) is 57.7 Å². The summed E-state index contributed by atoms with van der Waals surface area (Å²) in [5.74, 6) is 0.977. The van der Waals surface area contributed by atoms with Crippen molar-refractivity contribution in [1.29, 1.82) is 0 Å². The van der Waals surface area contributed by atoms with Crippen LogP contribution in [-0.4, -0.2) is 5.54 Å². The van der Waals surface area contributed by atoms with Crippen LogP contribution in [0, 0.1) is 0 Å². The molecule has 1 aliphatic carbocycles. The molecule has 16 heavy (non-hydrogen) atoms. The Hall–Kier alpha value is 0.200. The molecule has 0 bridgehead atoms. The SMILES string of the molecule is CC1(NCc2cc(Br)c(Br)o2)CCCCC1. The Labute approximate surface area is 113 Å². The Morgan fingerprint density at radius 1 is 1.31 bits per heavy atom. The monoisotopic (exact) mass is 349 g/mol. The van der Waals surface area contributed by atoms with Gasteiger partial charge >= 0.3 is 0 Å². The van der Waals surface area contributed by atoms with Crippen molar-refractivity contribution in [1.82, 2.24) is 5.32 Å². The van der Waals surface area contributed by atoms with Gasteiger partial charge < -0.3 is 9.73 Å². The zero-order valence-electron chi connectivity index (χ0n) is 9.48. The molecular formula is C12H17Br2NO. The molecular weight excluding hydrogens is 334 g/mol. The number of hydrogen-bond donors (Lipinski definition) is 1. The topological polar surface area (TPSA) is 25.2 Å². The van der Waals surface area contributed by atoms with Crippen LogP contribution in [0.2, 0.25) is 0 Å². The second-order valence-corrected chi connectivity index (χ2v) is 6.38. The summed E-state index contributed by atoms with van der Waals surface area (Å²) in [5, 5.41) is 3.62. The van der Waals surface area contributed by atoms with Gasteiger partial charge in [0.1, 0.15) is 5.76 Å². The predicted octanol–water partition coefficient (Wildman–Crippen LogP) is 4.62. The smallest absolute Gasteiger partial charge is 0.183 e. The average Bonchev–Trinajstić information content (AvgIpc) is 2.57. The van der Waals surface area contributed by atoms with Crippen molar-refractivity contribution in [3.63, 3.8) is 0 Å². The number of nitrogens with one attached hydrogen (secondary N) is 1. The number of rotatable bonds is 3. The van der Waals surface area contributed by atoms with E-state index in [2.05, 4.69) is 44.1 Å². The van der Waals surface area contributed by atoms with Gasteiger partial charge in [0, 0.05) is 5.54 Å². The summed E-state index contributed by atoms with van der Waals surface area (Å²) in [5.41, 5.74) is 0.296. The second-order valence-electron chi connectivity index (χ2n) is 4.81. The normalized spacial score (nSPS) is 19.9. The zero-order chi connectivity index (χ0) is 11.6. The molecule has 1 N–H and O–H groups in total. The van der Waals surface area contributed by atoms with Crippen molar-refractivity contribution >= 4 is 31.9 Å². The Kier molecular flexibility index (Phi) is 4.14. The lowest BCUT2D eigenvalue weighted by Gasteiger charge is -2.34. The van der Waals surface area contributed by atoms with Gasteiger partial charge in [-0.15, -0.1) is 0 Å². The summed E-state index contributed by atoms with van der Waals surface area (Å²) in [6, 6.07) is 2.02. The van der Waals surface area contributed by atoms with Gasteiger partial charge in [0.05, 0.1) is 11.0 Å². The summed E-state index contributed by atoms with van der Waals surface area (Å²) >= 11 is 6.78. The van der Waals surface area contributed by atoms with Crippen LogP contribution in [0.1, 0.15) is 44.8 Å². The van der Waals surface area contributed by atoms with Crippen LogP contribution in [0.15, 0.2) is 19.6 Å². The van der Waals surface area contributed by atoms with E-state index in [0.717, 1.165) is 21.4 Å². The molecule has 0 amide bonds. The van der Waals surface area contributed by atoms with Crippen molar-refractivity contribution in [3.05, 3.63) is 21.0 Å². The van der Waals surface area contributed by atoms with E-state index in [-0.39, 0.29) is 0 Å². The fourth-order valence-corrected chi connectivity index (χ4v) is 2.95. The maximum Gasteiger partial charge on any atom is 0.183 e. The van der Waals surface area contributed by atoms with Crippen LogP contribution in [0.5, 0.6) is 0 Å². The third-order valence-electron chi connectivity index (χ3n) is 3.34. The maximum atomic E-state index is 5.56. The van der Waals surface area contributed by atoms with E-state index in [1.807, 2.05) is 6.07 Å². The van der Waals surface area contributed by atoms with E-state index in [1.165, 1.54) is 32.1 Å².